The molecule has 4 rings (SSSR count). The van der Waals surface area contributed by atoms with E-state index in [4.69, 9.17) is 50.8 Å². The highest BCUT2D eigenvalue weighted by molar-refractivity contribution is 6.42. The van der Waals surface area contributed by atoms with Crippen LogP contribution in [0.5, 0.6) is 0 Å². The highest BCUT2D eigenvalue weighted by atomic mass is 35.5. The zero-order valence-electron chi connectivity index (χ0n) is 14.9. The molecule has 1 amide bonds. The number of nitrogens with zero attached hydrogens (tertiary/aromatic N) is 2. The van der Waals surface area contributed by atoms with Crippen molar-refractivity contribution in [1.29, 1.82) is 0 Å². The van der Waals surface area contributed by atoms with E-state index in [0.29, 0.717) is 54.1 Å². The zero-order chi connectivity index (χ0) is 20.7. The van der Waals surface area contributed by atoms with Gasteiger partial charge < -0.3 is 4.42 Å². The maximum Gasteiger partial charge on any atom is 0.280 e. The number of amides is 1. The lowest BCUT2D eigenvalue weighted by Crippen LogP contribution is -2.21. The highest BCUT2D eigenvalue weighted by Gasteiger charge is 2.29. The lowest BCUT2D eigenvalue weighted by atomic mass is 10.1. The van der Waals surface area contributed by atoms with Crippen molar-refractivity contribution in [2.24, 2.45) is 5.10 Å². The van der Waals surface area contributed by atoms with Gasteiger partial charge in [-0.15, -0.1) is 0 Å². The Labute approximate surface area is 186 Å². The van der Waals surface area contributed by atoms with Crippen molar-refractivity contribution in [3.8, 4) is 11.3 Å². The predicted molar refractivity (Wildman–Crippen MR) is 119 cm³/mol. The Morgan fingerprint density at radius 3 is 2.45 bits per heavy atom. The Balaban J connectivity index is 1.64. The standard InChI is InChI=1S/C21H12Cl4N2O2/c1-11-16(21(28)27(26-11)13-3-6-17(23)19(25)9-13)10-14-4-7-20(29-14)15-5-2-12(22)8-18(15)24/h2-10H,1H3. The molecule has 0 fully saturated rings. The Hall–Kier alpha value is -2.24. The minimum atomic E-state index is -0.289. The van der Waals surface area contributed by atoms with Gasteiger partial charge in [-0.25, -0.2) is 0 Å². The summed E-state index contributed by atoms with van der Waals surface area (Å²) in [5.41, 5.74) is 2.21. The summed E-state index contributed by atoms with van der Waals surface area (Å²) < 4.78 is 5.86. The molecule has 0 atom stereocenters. The average molecular weight is 466 g/mol. The SMILES string of the molecule is CC1=NN(c2ccc(Cl)c(Cl)c2)C(=O)C1=Cc1ccc(-c2ccc(Cl)cc2Cl)o1. The van der Waals surface area contributed by atoms with E-state index in [9.17, 15) is 4.79 Å². The normalized spacial score (nSPS) is 15.3. The monoisotopic (exact) mass is 464 g/mol. The third-order valence-electron chi connectivity index (χ3n) is 4.32. The second-order valence-electron chi connectivity index (χ2n) is 6.28. The van der Waals surface area contributed by atoms with Gasteiger partial charge in [0, 0.05) is 10.6 Å². The van der Waals surface area contributed by atoms with Crippen molar-refractivity contribution in [2.45, 2.75) is 6.92 Å². The van der Waals surface area contributed by atoms with Crippen LogP contribution in [0.1, 0.15) is 12.7 Å². The minimum absolute atomic E-state index is 0.289. The van der Waals surface area contributed by atoms with Crippen LogP contribution in [0.3, 0.4) is 0 Å². The van der Waals surface area contributed by atoms with Crippen molar-refractivity contribution in [1.82, 2.24) is 0 Å². The van der Waals surface area contributed by atoms with Gasteiger partial charge in [-0.3, -0.25) is 4.79 Å². The van der Waals surface area contributed by atoms with E-state index in [1.807, 2.05) is 0 Å². The molecule has 146 valence electrons. The number of hydrazone groups is 1. The molecule has 1 aromatic heterocycles. The van der Waals surface area contributed by atoms with Crippen molar-refractivity contribution in [2.75, 3.05) is 5.01 Å². The van der Waals surface area contributed by atoms with E-state index in [2.05, 4.69) is 5.10 Å². The number of rotatable bonds is 3. The first-order valence-corrected chi connectivity index (χ1v) is 9.97. The molecular formula is C21H12Cl4N2O2. The summed E-state index contributed by atoms with van der Waals surface area (Å²) in [4.78, 5) is 12.9. The summed E-state index contributed by atoms with van der Waals surface area (Å²) in [5.74, 6) is 0.781. The van der Waals surface area contributed by atoms with Crippen LogP contribution in [0.25, 0.3) is 17.4 Å². The number of anilines is 1. The van der Waals surface area contributed by atoms with Gasteiger partial charge in [0.2, 0.25) is 0 Å². The van der Waals surface area contributed by atoms with Gasteiger partial charge in [-0.05, 0) is 61.5 Å². The van der Waals surface area contributed by atoms with Crippen molar-refractivity contribution in [3.05, 3.63) is 80.0 Å². The van der Waals surface area contributed by atoms with Crippen LogP contribution < -0.4 is 5.01 Å². The van der Waals surface area contributed by atoms with Crippen LogP contribution in [0.15, 0.2) is 63.6 Å². The molecule has 0 spiro atoms. The molecule has 0 radical (unpaired) electrons. The molecule has 1 aliphatic rings. The van der Waals surface area contributed by atoms with Gasteiger partial charge in [-0.1, -0.05) is 46.4 Å². The van der Waals surface area contributed by atoms with E-state index < -0.39 is 0 Å². The second-order valence-corrected chi connectivity index (χ2v) is 7.94. The number of furan rings is 1. The van der Waals surface area contributed by atoms with E-state index >= 15 is 0 Å². The minimum Gasteiger partial charge on any atom is -0.457 e. The first-order valence-electron chi connectivity index (χ1n) is 8.45. The van der Waals surface area contributed by atoms with Crippen LogP contribution in [0.4, 0.5) is 5.69 Å². The molecule has 0 saturated heterocycles. The van der Waals surface area contributed by atoms with Crippen LogP contribution in [0, 0.1) is 0 Å². The molecule has 0 aliphatic carbocycles. The van der Waals surface area contributed by atoms with Gasteiger partial charge in [-0.2, -0.15) is 10.1 Å². The number of carbonyl (C=O) groups is 1. The fourth-order valence-corrected chi connectivity index (χ4v) is 3.68. The van der Waals surface area contributed by atoms with Crippen molar-refractivity contribution in [3.63, 3.8) is 0 Å². The first kappa shape index (κ1) is 20.0. The van der Waals surface area contributed by atoms with Crippen LogP contribution in [-0.2, 0) is 4.79 Å². The molecule has 1 aliphatic heterocycles. The lowest BCUT2D eigenvalue weighted by molar-refractivity contribution is -0.114. The Morgan fingerprint density at radius 2 is 1.72 bits per heavy atom. The molecule has 4 nitrogen and oxygen atoms in total. The summed E-state index contributed by atoms with van der Waals surface area (Å²) in [6, 6.07) is 13.6. The molecular weight excluding hydrogens is 454 g/mol. The summed E-state index contributed by atoms with van der Waals surface area (Å²) in [5, 5.41) is 7.38. The molecule has 0 N–H and O–H groups in total. The molecule has 8 heteroatoms. The summed E-state index contributed by atoms with van der Waals surface area (Å²) in [6.07, 6.45) is 1.64. The van der Waals surface area contributed by atoms with Crippen LogP contribution in [0.2, 0.25) is 20.1 Å². The second kappa shape index (κ2) is 7.88. The quantitative estimate of drug-likeness (QED) is 0.379. The van der Waals surface area contributed by atoms with E-state index in [0.717, 1.165) is 0 Å². The van der Waals surface area contributed by atoms with Gasteiger partial charge in [0.1, 0.15) is 11.5 Å². The van der Waals surface area contributed by atoms with Crippen LogP contribution in [-0.4, -0.2) is 11.6 Å². The predicted octanol–water partition coefficient (Wildman–Crippen LogP) is 7.37. The topological polar surface area (TPSA) is 45.8 Å². The van der Waals surface area contributed by atoms with Gasteiger partial charge in [0.15, 0.2) is 0 Å². The first-order chi connectivity index (χ1) is 13.8. The zero-order valence-corrected chi connectivity index (χ0v) is 17.9. The fraction of sp³-hybridized carbons (Fsp3) is 0.0476. The smallest absolute Gasteiger partial charge is 0.280 e. The molecule has 29 heavy (non-hydrogen) atoms. The Bertz CT molecular complexity index is 1200. The highest BCUT2D eigenvalue weighted by Crippen LogP contribution is 2.33. The Morgan fingerprint density at radius 1 is 0.931 bits per heavy atom. The number of halogens is 4. The number of hydrogen-bond acceptors (Lipinski definition) is 3. The molecule has 2 aromatic carbocycles. The van der Waals surface area contributed by atoms with E-state index in [1.54, 1.807) is 61.5 Å². The molecule has 0 saturated carbocycles. The average Bonchev–Trinajstić information content (AvgIpc) is 3.24. The number of carbonyl (C=O) groups excluding carboxylic acids is 1. The largest absolute Gasteiger partial charge is 0.457 e. The molecule has 0 unspecified atom stereocenters. The molecule has 3 aromatic rings. The Kier molecular flexibility index (Phi) is 5.45. The fourth-order valence-electron chi connectivity index (χ4n) is 2.88. The van der Waals surface area contributed by atoms with Crippen LogP contribution >= 0.6 is 46.4 Å². The van der Waals surface area contributed by atoms with E-state index in [-0.39, 0.29) is 5.91 Å². The van der Waals surface area contributed by atoms with Gasteiger partial charge in [0.05, 0.1) is 32.0 Å². The maximum absolute atomic E-state index is 12.9. The van der Waals surface area contributed by atoms with Gasteiger partial charge >= 0.3 is 0 Å². The molecule has 0 bridgehead atoms. The summed E-state index contributed by atoms with van der Waals surface area (Å²) in [6.45, 7) is 1.75. The van der Waals surface area contributed by atoms with Crippen molar-refractivity contribution >= 4 is 69.8 Å². The maximum atomic E-state index is 12.9. The summed E-state index contributed by atoms with van der Waals surface area (Å²) in [7, 11) is 0. The van der Waals surface area contributed by atoms with Crippen molar-refractivity contribution < 1.29 is 9.21 Å². The third kappa shape index (κ3) is 3.94. The number of benzene rings is 2. The molecule has 2 heterocycles. The lowest BCUT2D eigenvalue weighted by Gasteiger charge is -2.12. The van der Waals surface area contributed by atoms with E-state index in [1.165, 1.54) is 5.01 Å². The third-order valence-corrected chi connectivity index (χ3v) is 5.61. The van der Waals surface area contributed by atoms with Gasteiger partial charge in [0.25, 0.3) is 5.91 Å². The number of hydrogen-bond donors (Lipinski definition) is 0. The summed E-state index contributed by atoms with van der Waals surface area (Å²) >= 11 is 24.2.